The third-order valence-electron chi connectivity index (χ3n) is 3.55. The number of amidine groups is 1. The number of benzene rings is 1. The summed E-state index contributed by atoms with van der Waals surface area (Å²) in [7, 11) is 1.66. The van der Waals surface area contributed by atoms with Crippen LogP contribution in [0.1, 0.15) is 17.5 Å². The van der Waals surface area contributed by atoms with Gasteiger partial charge in [-0.15, -0.1) is 10.2 Å². The molecular formula is C17H16N4O4S2. The first-order valence-corrected chi connectivity index (χ1v) is 9.52. The van der Waals surface area contributed by atoms with E-state index < -0.39 is 12.1 Å². The van der Waals surface area contributed by atoms with Gasteiger partial charge in [0.05, 0.1) is 4.91 Å². The Kier molecular flexibility index (Phi) is 5.57. The van der Waals surface area contributed by atoms with Crippen LogP contribution in [0.4, 0.5) is 5.13 Å². The number of aliphatic carboxylic acids is 1. The third kappa shape index (κ3) is 4.52. The average molecular weight is 404 g/mol. The van der Waals surface area contributed by atoms with E-state index in [-0.39, 0.29) is 5.91 Å². The van der Waals surface area contributed by atoms with Crippen LogP contribution in [-0.4, -0.2) is 50.4 Å². The van der Waals surface area contributed by atoms with Crippen molar-refractivity contribution in [3.63, 3.8) is 0 Å². The number of hydrogen-bond acceptors (Lipinski definition) is 8. The first kappa shape index (κ1) is 19.1. The maximum absolute atomic E-state index is 12.4. The molecule has 8 nitrogen and oxygen atoms in total. The summed E-state index contributed by atoms with van der Waals surface area (Å²) in [6, 6.07) is 6.85. The minimum absolute atomic E-state index is 0.153. The molecule has 0 spiro atoms. The van der Waals surface area contributed by atoms with Crippen molar-refractivity contribution in [2.24, 2.45) is 4.99 Å². The number of carbonyl (C=O) groups is 2. The van der Waals surface area contributed by atoms with Crippen molar-refractivity contribution in [1.29, 1.82) is 0 Å². The predicted molar refractivity (Wildman–Crippen MR) is 104 cm³/mol. The fraction of sp³-hybridized carbons (Fsp3) is 0.235. The average Bonchev–Trinajstić information content (AvgIpc) is 3.15. The Morgan fingerprint density at radius 3 is 2.63 bits per heavy atom. The molecule has 0 bridgehead atoms. The zero-order valence-corrected chi connectivity index (χ0v) is 16.4. The molecule has 1 amide bonds. The molecule has 1 aromatic heterocycles. The Labute approximate surface area is 163 Å². The fourth-order valence-electron chi connectivity index (χ4n) is 2.11. The fourth-order valence-corrected chi connectivity index (χ4v) is 3.70. The number of aliphatic imine (C=N–C) groups is 1. The van der Waals surface area contributed by atoms with Crippen LogP contribution in [0.3, 0.4) is 0 Å². The highest BCUT2D eigenvalue weighted by Crippen LogP contribution is 2.33. The number of amides is 1. The van der Waals surface area contributed by atoms with Crippen LogP contribution in [0.2, 0.25) is 0 Å². The molecular weight excluding hydrogens is 388 g/mol. The number of rotatable bonds is 5. The maximum atomic E-state index is 12.4. The van der Waals surface area contributed by atoms with Crippen LogP contribution in [0, 0.1) is 6.92 Å². The summed E-state index contributed by atoms with van der Waals surface area (Å²) in [6.45, 7) is 3.30. The molecule has 1 atom stereocenters. The molecule has 0 radical (unpaired) electrons. The molecule has 1 N–H and O–H groups in total. The second-order valence-electron chi connectivity index (χ2n) is 5.64. The molecule has 1 aliphatic heterocycles. The topological polar surface area (TPSA) is 105 Å². The van der Waals surface area contributed by atoms with Gasteiger partial charge in [0, 0.05) is 7.05 Å². The van der Waals surface area contributed by atoms with E-state index >= 15 is 0 Å². The lowest BCUT2D eigenvalue weighted by atomic mass is 10.2. The lowest BCUT2D eigenvalue weighted by molar-refractivity contribution is -0.144. The molecule has 1 aliphatic rings. The van der Waals surface area contributed by atoms with Crippen LogP contribution in [0.15, 0.2) is 34.2 Å². The standard InChI is InChI=1S/C17H16N4O4S2/c1-9(15(23)24)25-12-6-4-11(5-7-12)8-13-14(22)21(3)17(27-13)18-16-20-19-10(2)26-16/h4-9H,1-3H3,(H,23,24)/b13-8+,18-17+. The summed E-state index contributed by atoms with van der Waals surface area (Å²) >= 11 is 2.62. The summed E-state index contributed by atoms with van der Waals surface area (Å²) in [5.74, 6) is -0.738. The van der Waals surface area contributed by atoms with E-state index in [0.29, 0.717) is 21.0 Å². The van der Waals surface area contributed by atoms with Crippen molar-refractivity contribution in [2.45, 2.75) is 20.0 Å². The quantitative estimate of drug-likeness (QED) is 0.764. The predicted octanol–water partition coefficient (Wildman–Crippen LogP) is 2.93. The molecule has 1 aromatic carbocycles. The van der Waals surface area contributed by atoms with E-state index in [4.69, 9.17) is 9.84 Å². The van der Waals surface area contributed by atoms with Crippen LogP contribution < -0.4 is 4.74 Å². The van der Waals surface area contributed by atoms with Gasteiger partial charge in [-0.25, -0.2) is 4.79 Å². The highest BCUT2D eigenvalue weighted by Gasteiger charge is 2.30. The molecule has 140 valence electrons. The molecule has 27 heavy (non-hydrogen) atoms. The molecule has 2 aromatic rings. The first-order valence-electron chi connectivity index (χ1n) is 7.89. The van der Waals surface area contributed by atoms with Gasteiger partial charge in [0.15, 0.2) is 11.3 Å². The van der Waals surface area contributed by atoms with E-state index in [9.17, 15) is 9.59 Å². The van der Waals surface area contributed by atoms with Crippen molar-refractivity contribution >= 4 is 51.4 Å². The molecule has 1 unspecified atom stereocenters. The van der Waals surface area contributed by atoms with E-state index in [1.807, 2.05) is 6.92 Å². The smallest absolute Gasteiger partial charge is 0.344 e. The van der Waals surface area contributed by atoms with Gasteiger partial charge < -0.3 is 9.84 Å². The van der Waals surface area contributed by atoms with Gasteiger partial charge in [0.2, 0.25) is 5.13 Å². The second-order valence-corrected chi connectivity index (χ2v) is 7.81. The van der Waals surface area contributed by atoms with Gasteiger partial charge in [-0.1, -0.05) is 23.5 Å². The van der Waals surface area contributed by atoms with Gasteiger partial charge >= 0.3 is 5.97 Å². The first-order chi connectivity index (χ1) is 12.8. The van der Waals surface area contributed by atoms with E-state index in [0.717, 1.165) is 10.6 Å². The van der Waals surface area contributed by atoms with Crippen molar-refractivity contribution in [2.75, 3.05) is 7.05 Å². The Balaban J connectivity index is 1.76. The van der Waals surface area contributed by atoms with Crippen LogP contribution in [-0.2, 0) is 9.59 Å². The number of carboxylic acid groups (broad SMARTS) is 1. The summed E-state index contributed by atoms with van der Waals surface area (Å²) in [5, 5.41) is 18.6. The number of likely N-dealkylation sites (N-methyl/N-ethyl adjacent to an activating group) is 1. The summed E-state index contributed by atoms with van der Waals surface area (Å²) in [5.41, 5.74) is 0.794. The summed E-state index contributed by atoms with van der Waals surface area (Å²) in [4.78, 5) is 29.7. The largest absolute Gasteiger partial charge is 0.479 e. The third-order valence-corrected chi connectivity index (χ3v) is 5.34. The van der Waals surface area contributed by atoms with Crippen molar-refractivity contribution in [3.05, 3.63) is 39.7 Å². The number of aryl methyl sites for hydroxylation is 1. The van der Waals surface area contributed by atoms with Crippen molar-refractivity contribution in [1.82, 2.24) is 15.1 Å². The molecule has 2 heterocycles. The monoisotopic (exact) mass is 404 g/mol. The van der Waals surface area contributed by atoms with Gasteiger partial charge in [0.25, 0.3) is 5.91 Å². The van der Waals surface area contributed by atoms with Gasteiger partial charge in [0.1, 0.15) is 10.8 Å². The Morgan fingerprint density at radius 2 is 2.04 bits per heavy atom. The van der Waals surface area contributed by atoms with Gasteiger partial charge in [-0.2, -0.15) is 4.99 Å². The molecule has 1 fully saturated rings. The normalized spacial score (nSPS) is 18.3. The Hall–Kier alpha value is -2.72. The van der Waals surface area contributed by atoms with Crippen LogP contribution >= 0.6 is 23.1 Å². The number of hydrogen-bond donors (Lipinski definition) is 1. The Bertz CT molecular complexity index is 937. The van der Waals surface area contributed by atoms with E-state index in [1.165, 1.54) is 34.9 Å². The summed E-state index contributed by atoms with van der Waals surface area (Å²) in [6.07, 6.45) is 0.819. The lowest BCUT2D eigenvalue weighted by Crippen LogP contribution is -2.23. The molecule has 10 heteroatoms. The number of aromatic nitrogens is 2. The minimum atomic E-state index is -1.03. The number of carbonyl (C=O) groups excluding carboxylic acids is 1. The number of thioether (sulfide) groups is 1. The van der Waals surface area contributed by atoms with Crippen LogP contribution in [0.5, 0.6) is 5.75 Å². The molecule has 1 saturated heterocycles. The zero-order chi connectivity index (χ0) is 19.6. The zero-order valence-electron chi connectivity index (χ0n) is 14.7. The lowest BCUT2D eigenvalue weighted by Gasteiger charge is -2.10. The van der Waals surface area contributed by atoms with Gasteiger partial charge in [-0.05, 0) is 49.4 Å². The summed E-state index contributed by atoms with van der Waals surface area (Å²) < 4.78 is 5.29. The molecule has 0 saturated carbocycles. The highest BCUT2D eigenvalue weighted by molar-refractivity contribution is 8.18. The second kappa shape index (κ2) is 7.89. The molecule has 0 aliphatic carbocycles. The SMILES string of the molecule is Cc1nnc(/N=C2/S/C(=C/c3ccc(OC(C)C(=O)O)cc3)C(=O)N2C)s1. The number of ether oxygens (including phenoxy) is 1. The van der Waals surface area contributed by atoms with Crippen molar-refractivity contribution < 1.29 is 19.4 Å². The molecule has 3 rings (SSSR count). The maximum Gasteiger partial charge on any atom is 0.344 e. The van der Waals surface area contributed by atoms with E-state index in [1.54, 1.807) is 37.4 Å². The van der Waals surface area contributed by atoms with Gasteiger partial charge in [-0.3, -0.25) is 9.69 Å². The van der Waals surface area contributed by atoms with Crippen molar-refractivity contribution in [3.8, 4) is 5.75 Å². The number of carboxylic acids is 1. The Morgan fingerprint density at radius 1 is 1.33 bits per heavy atom. The minimum Gasteiger partial charge on any atom is -0.479 e. The number of nitrogens with zero attached hydrogens (tertiary/aromatic N) is 4. The van der Waals surface area contributed by atoms with Crippen LogP contribution in [0.25, 0.3) is 6.08 Å². The van der Waals surface area contributed by atoms with E-state index in [2.05, 4.69) is 15.2 Å². The highest BCUT2D eigenvalue weighted by atomic mass is 32.2.